The Morgan fingerprint density at radius 2 is 2.20 bits per heavy atom. The Kier molecular flexibility index (Phi) is 4.12. The number of nitro groups is 1. The molecule has 1 atom stereocenters. The molecule has 8 heteroatoms. The Morgan fingerprint density at radius 1 is 1.45 bits per heavy atom. The molecule has 0 aromatic heterocycles. The van der Waals surface area contributed by atoms with E-state index in [0.717, 1.165) is 0 Å². The van der Waals surface area contributed by atoms with Gasteiger partial charge in [-0.05, 0) is 13.3 Å². The first-order valence-corrected chi connectivity index (χ1v) is 8.11. The number of benzene rings is 1. The van der Waals surface area contributed by atoms with Gasteiger partial charge in [-0.25, -0.2) is 8.42 Å². The van der Waals surface area contributed by atoms with Crippen LogP contribution in [0.15, 0.2) is 18.2 Å². The lowest BCUT2D eigenvalue weighted by molar-refractivity contribution is -0.384. The van der Waals surface area contributed by atoms with Gasteiger partial charge in [-0.3, -0.25) is 10.1 Å². The fourth-order valence-corrected chi connectivity index (χ4v) is 3.84. The number of hydrogen-bond acceptors (Lipinski definition) is 6. The van der Waals surface area contributed by atoms with E-state index >= 15 is 0 Å². The molecule has 0 spiro atoms. The van der Waals surface area contributed by atoms with Crippen molar-refractivity contribution in [3.8, 4) is 5.75 Å². The highest BCUT2D eigenvalue weighted by Gasteiger charge is 2.28. The number of ether oxygens (including phenoxy) is 1. The van der Waals surface area contributed by atoms with Crippen LogP contribution in [0.4, 0.5) is 11.4 Å². The Morgan fingerprint density at radius 3 is 2.75 bits per heavy atom. The summed E-state index contributed by atoms with van der Waals surface area (Å²) >= 11 is 0. The van der Waals surface area contributed by atoms with Crippen LogP contribution < -0.4 is 10.1 Å². The summed E-state index contributed by atoms with van der Waals surface area (Å²) < 4.78 is 28.1. The van der Waals surface area contributed by atoms with Crippen molar-refractivity contribution in [1.29, 1.82) is 0 Å². The second-order valence-corrected chi connectivity index (χ2v) is 6.88. The quantitative estimate of drug-likeness (QED) is 0.655. The van der Waals surface area contributed by atoms with Gasteiger partial charge in [-0.2, -0.15) is 0 Å². The van der Waals surface area contributed by atoms with Gasteiger partial charge in [-0.1, -0.05) is 0 Å². The number of rotatable bonds is 5. The molecule has 1 aromatic carbocycles. The van der Waals surface area contributed by atoms with Crippen LogP contribution in [0.3, 0.4) is 0 Å². The van der Waals surface area contributed by atoms with E-state index in [2.05, 4.69) is 5.32 Å². The van der Waals surface area contributed by atoms with E-state index in [4.69, 9.17) is 4.74 Å². The van der Waals surface area contributed by atoms with Gasteiger partial charge in [0.2, 0.25) is 0 Å². The largest absolute Gasteiger partial charge is 0.494 e. The summed E-state index contributed by atoms with van der Waals surface area (Å²) in [6.07, 6.45) is 0.509. The highest BCUT2D eigenvalue weighted by Crippen LogP contribution is 2.27. The Balaban J connectivity index is 2.20. The maximum Gasteiger partial charge on any atom is 0.275 e. The Bertz CT molecular complexity index is 614. The lowest BCUT2D eigenvalue weighted by Crippen LogP contribution is -2.20. The molecule has 1 aliphatic heterocycles. The highest BCUT2D eigenvalue weighted by atomic mass is 32.2. The molecule has 7 nitrogen and oxygen atoms in total. The highest BCUT2D eigenvalue weighted by molar-refractivity contribution is 7.91. The predicted octanol–water partition coefficient (Wildman–Crippen LogP) is 1.59. The number of sulfone groups is 1. The lowest BCUT2D eigenvalue weighted by atomic mass is 10.2. The average molecular weight is 300 g/mol. The second-order valence-electron chi connectivity index (χ2n) is 4.65. The molecule has 0 radical (unpaired) electrons. The molecule has 0 saturated carbocycles. The summed E-state index contributed by atoms with van der Waals surface area (Å²) in [5.74, 6) is 0.599. The van der Waals surface area contributed by atoms with Crippen molar-refractivity contribution < 1.29 is 18.1 Å². The van der Waals surface area contributed by atoms with Gasteiger partial charge >= 0.3 is 0 Å². The monoisotopic (exact) mass is 300 g/mol. The van der Waals surface area contributed by atoms with E-state index in [1.165, 1.54) is 12.1 Å². The first kappa shape index (κ1) is 14.6. The van der Waals surface area contributed by atoms with Crippen LogP contribution >= 0.6 is 0 Å². The van der Waals surface area contributed by atoms with Crippen molar-refractivity contribution in [3.63, 3.8) is 0 Å². The molecule has 1 unspecified atom stereocenters. The summed E-state index contributed by atoms with van der Waals surface area (Å²) in [5, 5.41) is 13.9. The van der Waals surface area contributed by atoms with E-state index in [1.54, 1.807) is 13.0 Å². The molecule has 0 aliphatic carbocycles. The fourth-order valence-electron chi connectivity index (χ4n) is 2.17. The van der Waals surface area contributed by atoms with Crippen LogP contribution in [0.2, 0.25) is 0 Å². The minimum Gasteiger partial charge on any atom is -0.494 e. The SMILES string of the molecule is CCOc1cc(NC2CCS(=O)(=O)C2)cc([N+](=O)[O-])c1. The Hall–Kier alpha value is -1.83. The molecule has 110 valence electrons. The van der Waals surface area contributed by atoms with Crippen molar-refractivity contribution in [2.45, 2.75) is 19.4 Å². The van der Waals surface area contributed by atoms with E-state index in [0.29, 0.717) is 24.5 Å². The summed E-state index contributed by atoms with van der Waals surface area (Å²) in [7, 11) is -2.99. The van der Waals surface area contributed by atoms with Gasteiger partial charge in [-0.15, -0.1) is 0 Å². The van der Waals surface area contributed by atoms with Crippen LogP contribution in [0.1, 0.15) is 13.3 Å². The maximum atomic E-state index is 11.4. The second kappa shape index (κ2) is 5.66. The molecule has 20 heavy (non-hydrogen) atoms. The Labute approximate surface area is 117 Å². The van der Waals surface area contributed by atoms with Crippen molar-refractivity contribution >= 4 is 21.2 Å². The van der Waals surface area contributed by atoms with Crippen molar-refractivity contribution in [1.82, 2.24) is 0 Å². The van der Waals surface area contributed by atoms with Crippen molar-refractivity contribution in [3.05, 3.63) is 28.3 Å². The van der Waals surface area contributed by atoms with Crippen molar-refractivity contribution in [2.75, 3.05) is 23.4 Å². The number of nitro benzene ring substituents is 1. The summed E-state index contributed by atoms with van der Waals surface area (Å²) in [6, 6.07) is 4.16. The van der Waals surface area contributed by atoms with Crippen molar-refractivity contribution in [2.24, 2.45) is 0 Å². The molecule has 1 aliphatic rings. The first-order chi connectivity index (χ1) is 9.39. The number of nitrogens with one attached hydrogen (secondary N) is 1. The zero-order valence-electron chi connectivity index (χ0n) is 11.0. The zero-order chi connectivity index (χ0) is 14.8. The van der Waals surface area contributed by atoms with E-state index < -0.39 is 14.8 Å². The van der Waals surface area contributed by atoms with Crippen LogP contribution in [-0.2, 0) is 9.84 Å². The molecule has 0 bridgehead atoms. The topological polar surface area (TPSA) is 98.5 Å². The third-order valence-electron chi connectivity index (χ3n) is 3.02. The molecular formula is C12H16N2O5S. The lowest BCUT2D eigenvalue weighted by Gasteiger charge is -2.13. The molecule has 1 heterocycles. The van der Waals surface area contributed by atoms with E-state index in [-0.39, 0.29) is 23.2 Å². The predicted molar refractivity (Wildman–Crippen MR) is 74.9 cm³/mol. The van der Waals surface area contributed by atoms with E-state index in [9.17, 15) is 18.5 Å². The average Bonchev–Trinajstić information content (AvgIpc) is 2.68. The molecule has 1 fully saturated rings. The van der Waals surface area contributed by atoms with E-state index in [1.807, 2.05) is 0 Å². The van der Waals surface area contributed by atoms with Gasteiger partial charge in [0.05, 0.1) is 29.1 Å². The third-order valence-corrected chi connectivity index (χ3v) is 4.78. The van der Waals surface area contributed by atoms with Crippen LogP contribution in [-0.4, -0.2) is 37.5 Å². The maximum absolute atomic E-state index is 11.4. The summed E-state index contributed by atoms with van der Waals surface area (Å²) in [4.78, 5) is 10.4. The number of nitrogens with zero attached hydrogens (tertiary/aromatic N) is 1. The minimum atomic E-state index is -2.99. The van der Waals surface area contributed by atoms with Gasteiger partial charge in [0.15, 0.2) is 9.84 Å². The van der Waals surface area contributed by atoms with Gasteiger partial charge in [0, 0.05) is 23.9 Å². The number of non-ortho nitro benzene ring substituents is 1. The number of hydrogen-bond donors (Lipinski definition) is 1. The summed E-state index contributed by atoms with van der Waals surface area (Å²) in [5.41, 5.74) is 0.420. The standard InChI is InChI=1S/C12H16N2O5S/c1-2-19-12-6-10(5-11(7-12)14(15)16)13-9-3-4-20(17,18)8-9/h5-7,9,13H,2-4,8H2,1H3. The molecule has 1 saturated heterocycles. The fraction of sp³-hybridized carbons (Fsp3) is 0.500. The minimum absolute atomic E-state index is 0.0552. The molecule has 1 aromatic rings. The molecule has 2 rings (SSSR count). The van der Waals surface area contributed by atoms with Gasteiger partial charge in [0.1, 0.15) is 5.75 Å². The van der Waals surface area contributed by atoms with Gasteiger partial charge in [0.25, 0.3) is 5.69 Å². The first-order valence-electron chi connectivity index (χ1n) is 6.29. The molecule has 0 amide bonds. The van der Waals surface area contributed by atoms with Crippen LogP contribution in [0.25, 0.3) is 0 Å². The summed E-state index contributed by atoms with van der Waals surface area (Å²) in [6.45, 7) is 2.19. The van der Waals surface area contributed by atoms with Gasteiger partial charge < -0.3 is 10.1 Å². The zero-order valence-corrected chi connectivity index (χ0v) is 11.9. The number of anilines is 1. The third kappa shape index (κ3) is 3.60. The normalized spacial score (nSPS) is 20.6. The molecular weight excluding hydrogens is 284 g/mol. The van der Waals surface area contributed by atoms with Crippen LogP contribution in [0.5, 0.6) is 5.75 Å². The molecule has 1 N–H and O–H groups in total. The smallest absolute Gasteiger partial charge is 0.275 e. The van der Waals surface area contributed by atoms with Crippen LogP contribution in [0, 0.1) is 10.1 Å².